The first-order valence-electron chi connectivity index (χ1n) is 4.04. The van der Waals surface area contributed by atoms with E-state index in [0.29, 0.717) is 12.3 Å². The summed E-state index contributed by atoms with van der Waals surface area (Å²) in [5.41, 5.74) is 0. The van der Waals surface area contributed by atoms with Crippen molar-refractivity contribution in [3.8, 4) is 0 Å². The summed E-state index contributed by atoms with van der Waals surface area (Å²) in [6.45, 7) is 5.03. The van der Waals surface area contributed by atoms with E-state index in [9.17, 15) is 4.79 Å². The van der Waals surface area contributed by atoms with Crippen LogP contribution in [-0.2, 0) is 17.8 Å². The topological polar surface area (TPSA) is 47.8 Å². The number of carbonyl (C=O) groups is 1. The van der Waals surface area contributed by atoms with Gasteiger partial charge >= 0.3 is 0 Å². The monoisotopic (exact) mass is 167 g/mol. The highest BCUT2D eigenvalue weighted by molar-refractivity contribution is 5.52. The zero-order valence-corrected chi connectivity index (χ0v) is 7.40. The Morgan fingerprint density at radius 3 is 3.00 bits per heavy atom. The van der Waals surface area contributed by atoms with Crippen molar-refractivity contribution in [3.63, 3.8) is 0 Å². The van der Waals surface area contributed by atoms with Crippen LogP contribution in [0, 0.1) is 5.92 Å². The van der Waals surface area contributed by atoms with Gasteiger partial charge in [-0.25, -0.2) is 9.67 Å². The van der Waals surface area contributed by atoms with Crippen LogP contribution in [0.3, 0.4) is 0 Å². The third-order valence-electron chi connectivity index (χ3n) is 1.50. The number of nitrogens with zero attached hydrogens (tertiary/aromatic N) is 3. The molecule has 0 unspecified atom stereocenters. The molecule has 0 aliphatic heterocycles. The molecule has 0 aliphatic rings. The van der Waals surface area contributed by atoms with Gasteiger partial charge in [0.2, 0.25) is 0 Å². The average molecular weight is 167 g/mol. The Kier molecular flexibility index (Phi) is 2.96. The lowest BCUT2D eigenvalue weighted by molar-refractivity contribution is -0.107. The molecule has 66 valence electrons. The third kappa shape index (κ3) is 2.15. The van der Waals surface area contributed by atoms with Crippen LogP contribution in [0.25, 0.3) is 0 Å². The van der Waals surface area contributed by atoms with Gasteiger partial charge in [0.25, 0.3) is 0 Å². The second kappa shape index (κ2) is 3.99. The zero-order chi connectivity index (χ0) is 8.97. The predicted octanol–water partition coefficient (Wildman–Crippen LogP) is 0.675. The van der Waals surface area contributed by atoms with Crippen molar-refractivity contribution in [1.29, 1.82) is 0 Å². The largest absolute Gasteiger partial charge is 0.303 e. The van der Waals surface area contributed by atoms with Crippen molar-refractivity contribution in [1.82, 2.24) is 14.8 Å². The molecule has 0 aliphatic carbocycles. The number of aromatic nitrogens is 3. The SMILES string of the molecule is CC(C)Cn1ncnc1CC=O. The van der Waals surface area contributed by atoms with Crippen molar-refractivity contribution < 1.29 is 4.79 Å². The van der Waals surface area contributed by atoms with Crippen molar-refractivity contribution in [2.24, 2.45) is 5.92 Å². The normalized spacial score (nSPS) is 10.6. The van der Waals surface area contributed by atoms with Gasteiger partial charge in [-0.3, -0.25) is 0 Å². The van der Waals surface area contributed by atoms with Gasteiger partial charge in [-0.15, -0.1) is 0 Å². The smallest absolute Gasteiger partial charge is 0.138 e. The highest BCUT2D eigenvalue weighted by Gasteiger charge is 2.04. The summed E-state index contributed by atoms with van der Waals surface area (Å²) in [7, 11) is 0. The Bertz CT molecular complexity index is 255. The molecule has 0 aromatic carbocycles. The van der Waals surface area contributed by atoms with Crippen LogP contribution < -0.4 is 0 Å². The van der Waals surface area contributed by atoms with E-state index in [2.05, 4.69) is 23.9 Å². The molecule has 0 atom stereocenters. The van der Waals surface area contributed by atoms with Crippen LogP contribution in [0.5, 0.6) is 0 Å². The van der Waals surface area contributed by atoms with Crippen LogP contribution >= 0.6 is 0 Å². The average Bonchev–Trinajstić information content (AvgIpc) is 2.37. The van der Waals surface area contributed by atoms with Gasteiger partial charge in [0.05, 0.1) is 6.42 Å². The molecule has 0 bridgehead atoms. The van der Waals surface area contributed by atoms with Gasteiger partial charge in [-0.2, -0.15) is 5.10 Å². The first-order chi connectivity index (χ1) is 5.74. The Morgan fingerprint density at radius 1 is 1.67 bits per heavy atom. The number of carbonyl (C=O) groups excluding carboxylic acids is 1. The lowest BCUT2D eigenvalue weighted by Crippen LogP contribution is -2.10. The van der Waals surface area contributed by atoms with E-state index >= 15 is 0 Å². The van der Waals surface area contributed by atoms with Crippen LogP contribution in [0.4, 0.5) is 0 Å². The number of hydrogen-bond donors (Lipinski definition) is 0. The van der Waals surface area contributed by atoms with E-state index in [1.807, 2.05) is 0 Å². The maximum Gasteiger partial charge on any atom is 0.138 e. The van der Waals surface area contributed by atoms with Gasteiger partial charge in [0, 0.05) is 6.54 Å². The predicted molar refractivity (Wildman–Crippen MR) is 44.6 cm³/mol. The molecule has 4 nitrogen and oxygen atoms in total. The highest BCUT2D eigenvalue weighted by Crippen LogP contribution is 2.00. The Balaban J connectivity index is 2.69. The minimum absolute atomic E-state index is 0.354. The number of hydrogen-bond acceptors (Lipinski definition) is 3. The van der Waals surface area contributed by atoms with Crippen molar-refractivity contribution in [2.75, 3.05) is 0 Å². The summed E-state index contributed by atoms with van der Waals surface area (Å²) in [6, 6.07) is 0. The summed E-state index contributed by atoms with van der Waals surface area (Å²) < 4.78 is 1.78. The minimum Gasteiger partial charge on any atom is -0.303 e. The van der Waals surface area contributed by atoms with Crippen molar-refractivity contribution >= 4 is 6.29 Å². The molecule has 0 saturated heterocycles. The summed E-state index contributed by atoms with van der Waals surface area (Å²) in [6.07, 6.45) is 2.69. The summed E-state index contributed by atoms with van der Waals surface area (Å²) in [5.74, 6) is 1.27. The Labute approximate surface area is 71.6 Å². The standard InChI is InChI=1S/C8H13N3O/c1-7(2)5-11-8(3-4-12)9-6-10-11/h4,6-7H,3,5H2,1-2H3. The summed E-state index contributed by atoms with van der Waals surface area (Å²) in [4.78, 5) is 14.2. The van der Waals surface area contributed by atoms with Gasteiger partial charge in [0.1, 0.15) is 18.4 Å². The Hall–Kier alpha value is -1.19. The second-order valence-electron chi connectivity index (χ2n) is 3.12. The number of rotatable bonds is 4. The molecule has 4 heteroatoms. The molecule has 0 N–H and O–H groups in total. The van der Waals surface area contributed by atoms with E-state index in [1.165, 1.54) is 6.33 Å². The maximum absolute atomic E-state index is 10.2. The van der Waals surface area contributed by atoms with E-state index in [-0.39, 0.29) is 0 Å². The van der Waals surface area contributed by atoms with E-state index in [1.54, 1.807) is 4.68 Å². The molecule has 1 rings (SSSR count). The molecule has 0 fully saturated rings. The molecule has 1 aromatic heterocycles. The Morgan fingerprint density at radius 2 is 2.42 bits per heavy atom. The van der Waals surface area contributed by atoms with Gasteiger partial charge in [-0.05, 0) is 5.92 Å². The third-order valence-corrected chi connectivity index (χ3v) is 1.50. The molecule has 0 amide bonds. The van der Waals surface area contributed by atoms with E-state index in [4.69, 9.17) is 0 Å². The maximum atomic E-state index is 10.2. The first-order valence-corrected chi connectivity index (χ1v) is 4.04. The van der Waals surface area contributed by atoms with Crippen molar-refractivity contribution in [2.45, 2.75) is 26.8 Å². The van der Waals surface area contributed by atoms with Crippen LogP contribution in [0.1, 0.15) is 19.7 Å². The fourth-order valence-electron chi connectivity index (χ4n) is 1.02. The van der Waals surface area contributed by atoms with Gasteiger partial charge in [0.15, 0.2) is 0 Å². The molecular formula is C8H13N3O. The lowest BCUT2D eigenvalue weighted by atomic mass is 10.2. The number of aldehydes is 1. The fraction of sp³-hybridized carbons (Fsp3) is 0.625. The second-order valence-corrected chi connectivity index (χ2v) is 3.12. The molecule has 1 aromatic rings. The molecule has 1 heterocycles. The molecule has 0 saturated carbocycles. The minimum atomic E-state index is 0.354. The van der Waals surface area contributed by atoms with Gasteiger partial charge in [-0.1, -0.05) is 13.8 Å². The fourth-order valence-corrected chi connectivity index (χ4v) is 1.02. The van der Waals surface area contributed by atoms with Crippen molar-refractivity contribution in [3.05, 3.63) is 12.2 Å². The zero-order valence-electron chi connectivity index (χ0n) is 7.40. The molecular weight excluding hydrogens is 154 g/mol. The van der Waals surface area contributed by atoms with E-state index < -0.39 is 0 Å². The van der Waals surface area contributed by atoms with Gasteiger partial charge < -0.3 is 4.79 Å². The summed E-state index contributed by atoms with van der Waals surface area (Å²) >= 11 is 0. The van der Waals surface area contributed by atoms with E-state index in [0.717, 1.165) is 18.7 Å². The van der Waals surface area contributed by atoms with Crippen LogP contribution in [0.15, 0.2) is 6.33 Å². The summed E-state index contributed by atoms with van der Waals surface area (Å²) in [5, 5.41) is 4.02. The molecule has 0 spiro atoms. The first kappa shape index (κ1) is 8.90. The molecule has 12 heavy (non-hydrogen) atoms. The quantitative estimate of drug-likeness (QED) is 0.619. The van der Waals surface area contributed by atoms with Crippen LogP contribution in [0.2, 0.25) is 0 Å². The highest BCUT2D eigenvalue weighted by atomic mass is 16.1. The molecule has 0 radical (unpaired) electrons. The lowest BCUT2D eigenvalue weighted by Gasteiger charge is -2.05. The van der Waals surface area contributed by atoms with Crippen LogP contribution in [-0.4, -0.2) is 21.1 Å².